The average Bonchev–Trinajstić information content (AvgIpc) is 3.03. The van der Waals surface area contributed by atoms with E-state index in [2.05, 4.69) is 59.8 Å². The molecule has 0 aliphatic heterocycles. The molecule has 9 atom stereocenters. The summed E-state index contributed by atoms with van der Waals surface area (Å²) in [5.41, 5.74) is 2.51. The Balaban J connectivity index is 1.53. The predicted octanol–water partition coefficient (Wildman–Crippen LogP) is 7.41. The third kappa shape index (κ3) is 3.58. The fourth-order valence-corrected chi connectivity index (χ4v) is 8.25. The van der Waals surface area contributed by atoms with E-state index in [-0.39, 0.29) is 6.10 Å². The maximum atomic E-state index is 10.2. The molecule has 3 fully saturated rings. The Bertz CT molecular complexity index is 659. The molecule has 1 N–H and O–H groups in total. The quantitative estimate of drug-likeness (QED) is 0.489. The maximum absolute atomic E-state index is 10.2. The molecule has 0 radical (unpaired) electrons. The Labute approximate surface area is 180 Å². The Kier molecular flexibility index (Phi) is 5.86. The van der Waals surface area contributed by atoms with Gasteiger partial charge in [-0.25, -0.2) is 0 Å². The lowest BCUT2D eigenvalue weighted by molar-refractivity contribution is -0.0540. The van der Waals surface area contributed by atoms with Gasteiger partial charge in [-0.2, -0.15) is 0 Å². The van der Waals surface area contributed by atoms with E-state index >= 15 is 0 Å². The van der Waals surface area contributed by atoms with Crippen LogP contribution in [0.25, 0.3) is 0 Å². The first-order valence-electron chi connectivity index (χ1n) is 12.7. The molecule has 3 saturated carbocycles. The molecular weight excluding hydrogens is 352 g/mol. The summed E-state index contributed by atoms with van der Waals surface area (Å²) in [6.45, 7) is 14.7. The van der Waals surface area contributed by atoms with Gasteiger partial charge in [0.1, 0.15) is 0 Å². The summed E-state index contributed by atoms with van der Waals surface area (Å²) in [5.74, 6) is 5.63. The zero-order chi connectivity index (χ0) is 21.0. The largest absolute Gasteiger partial charge is 0.393 e. The molecule has 164 valence electrons. The standard InChI is InChI=1S/C28H46O/c1-18(2)19(3)7-8-20(4)24-11-12-25-23-10-9-21-17-22(29)13-15-27(21,5)26(23)14-16-28(24,25)6/h7-9,18-20,22-26,29H,10-17H2,1-6H3/t19?,20?,22-,23-,24+,25-,26-,27-,28+/m0/s1. The van der Waals surface area contributed by atoms with Gasteiger partial charge in [-0.15, -0.1) is 0 Å². The van der Waals surface area contributed by atoms with Crippen LogP contribution in [0.2, 0.25) is 0 Å². The average molecular weight is 399 g/mol. The molecular formula is C28H46O. The van der Waals surface area contributed by atoms with Crippen LogP contribution in [0.3, 0.4) is 0 Å². The van der Waals surface area contributed by atoms with Crippen molar-refractivity contribution in [2.45, 2.75) is 99.0 Å². The van der Waals surface area contributed by atoms with Crippen molar-refractivity contribution in [1.82, 2.24) is 0 Å². The SMILES string of the molecule is CC(C)C(C)C=CC(C)[C@H]1CC[C@H]2[C@@H]3CC=C4C[C@@H](O)CC[C@]4(C)[C@H]3CC[C@]12C. The van der Waals surface area contributed by atoms with Crippen molar-refractivity contribution in [3.8, 4) is 0 Å². The molecule has 29 heavy (non-hydrogen) atoms. The fraction of sp³-hybridized carbons (Fsp3) is 0.857. The van der Waals surface area contributed by atoms with Gasteiger partial charge in [-0.05, 0) is 104 Å². The van der Waals surface area contributed by atoms with Crippen molar-refractivity contribution in [3.63, 3.8) is 0 Å². The van der Waals surface area contributed by atoms with E-state index in [4.69, 9.17) is 0 Å². The minimum absolute atomic E-state index is 0.0866. The lowest BCUT2D eigenvalue weighted by Crippen LogP contribution is -2.50. The summed E-state index contributed by atoms with van der Waals surface area (Å²) < 4.78 is 0. The number of hydrogen-bond acceptors (Lipinski definition) is 1. The number of rotatable bonds is 4. The first-order valence-corrected chi connectivity index (χ1v) is 12.7. The van der Waals surface area contributed by atoms with Crippen LogP contribution in [0, 0.1) is 52.3 Å². The van der Waals surface area contributed by atoms with Crippen LogP contribution in [0.1, 0.15) is 92.9 Å². The highest BCUT2D eigenvalue weighted by Crippen LogP contribution is 2.67. The number of aliphatic hydroxyl groups excluding tert-OH is 1. The third-order valence-electron chi connectivity index (χ3n) is 10.6. The Morgan fingerprint density at radius 1 is 0.966 bits per heavy atom. The van der Waals surface area contributed by atoms with Crippen molar-refractivity contribution < 1.29 is 5.11 Å². The highest BCUT2D eigenvalue weighted by atomic mass is 16.3. The summed E-state index contributed by atoms with van der Waals surface area (Å²) in [4.78, 5) is 0. The summed E-state index contributed by atoms with van der Waals surface area (Å²) >= 11 is 0. The predicted molar refractivity (Wildman–Crippen MR) is 124 cm³/mol. The summed E-state index contributed by atoms with van der Waals surface area (Å²) in [5, 5.41) is 10.2. The first kappa shape index (κ1) is 21.7. The van der Waals surface area contributed by atoms with Gasteiger partial charge in [-0.1, -0.05) is 65.3 Å². The van der Waals surface area contributed by atoms with Gasteiger partial charge in [0, 0.05) is 0 Å². The van der Waals surface area contributed by atoms with E-state index in [1.54, 1.807) is 5.57 Å². The zero-order valence-corrected chi connectivity index (χ0v) is 20.0. The van der Waals surface area contributed by atoms with Gasteiger partial charge in [0.2, 0.25) is 0 Å². The van der Waals surface area contributed by atoms with Gasteiger partial charge in [0.15, 0.2) is 0 Å². The van der Waals surface area contributed by atoms with Crippen LogP contribution in [0.5, 0.6) is 0 Å². The van der Waals surface area contributed by atoms with E-state index in [1.807, 2.05) is 0 Å². The molecule has 2 unspecified atom stereocenters. The van der Waals surface area contributed by atoms with Crippen LogP contribution in [0.4, 0.5) is 0 Å². The van der Waals surface area contributed by atoms with Crippen LogP contribution in [-0.4, -0.2) is 11.2 Å². The molecule has 0 aromatic rings. The second-order valence-corrected chi connectivity index (χ2v) is 12.2. The minimum Gasteiger partial charge on any atom is -0.393 e. The van der Waals surface area contributed by atoms with E-state index < -0.39 is 0 Å². The smallest absolute Gasteiger partial charge is 0.0577 e. The number of hydrogen-bond donors (Lipinski definition) is 1. The number of fused-ring (bicyclic) bond motifs is 5. The molecule has 1 nitrogen and oxygen atoms in total. The van der Waals surface area contributed by atoms with Crippen molar-refractivity contribution in [1.29, 1.82) is 0 Å². The van der Waals surface area contributed by atoms with Crippen molar-refractivity contribution >= 4 is 0 Å². The molecule has 0 aromatic heterocycles. The normalized spacial score (nSPS) is 46.8. The zero-order valence-electron chi connectivity index (χ0n) is 20.0. The molecule has 0 bridgehead atoms. The molecule has 4 rings (SSSR count). The Morgan fingerprint density at radius 2 is 1.72 bits per heavy atom. The topological polar surface area (TPSA) is 20.2 Å². The second-order valence-electron chi connectivity index (χ2n) is 12.2. The molecule has 4 aliphatic rings. The molecule has 0 heterocycles. The van der Waals surface area contributed by atoms with Crippen molar-refractivity contribution in [2.75, 3.05) is 0 Å². The van der Waals surface area contributed by atoms with E-state index in [1.165, 1.54) is 38.5 Å². The van der Waals surface area contributed by atoms with Crippen molar-refractivity contribution in [2.24, 2.45) is 52.3 Å². The van der Waals surface area contributed by atoms with Gasteiger partial charge in [0.05, 0.1) is 6.10 Å². The lowest BCUT2D eigenvalue weighted by Gasteiger charge is -2.58. The molecule has 1 heteroatoms. The fourth-order valence-electron chi connectivity index (χ4n) is 8.25. The number of aliphatic hydroxyl groups is 1. The number of allylic oxidation sites excluding steroid dienone is 3. The molecule has 0 amide bonds. The summed E-state index contributed by atoms with van der Waals surface area (Å²) in [7, 11) is 0. The third-order valence-corrected chi connectivity index (χ3v) is 10.6. The maximum Gasteiger partial charge on any atom is 0.0577 e. The Hall–Kier alpha value is -0.560. The van der Waals surface area contributed by atoms with Crippen LogP contribution >= 0.6 is 0 Å². The van der Waals surface area contributed by atoms with Crippen molar-refractivity contribution in [3.05, 3.63) is 23.8 Å². The molecule has 0 spiro atoms. The van der Waals surface area contributed by atoms with Gasteiger partial charge >= 0.3 is 0 Å². The van der Waals surface area contributed by atoms with E-state index in [0.717, 1.165) is 42.4 Å². The monoisotopic (exact) mass is 398 g/mol. The van der Waals surface area contributed by atoms with Gasteiger partial charge in [-0.3, -0.25) is 0 Å². The summed E-state index contributed by atoms with van der Waals surface area (Å²) in [6.07, 6.45) is 17.7. The Morgan fingerprint density at radius 3 is 2.45 bits per heavy atom. The first-order chi connectivity index (χ1) is 13.7. The van der Waals surface area contributed by atoms with Crippen LogP contribution < -0.4 is 0 Å². The molecule has 4 aliphatic carbocycles. The molecule has 0 aromatic carbocycles. The summed E-state index contributed by atoms with van der Waals surface area (Å²) in [6, 6.07) is 0. The van der Waals surface area contributed by atoms with Crippen LogP contribution in [0.15, 0.2) is 23.8 Å². The second kappa shape index (κ2) is 7.85. The van der Waals surface area contributed by atoms with Gasteiger partial charge < -0.3 is 5.11 Å². The molecule has 0 saturated heterocycles. The lowest BCUT2D eigenvalue weighted by atomic mass is 9.47. The van der Waals surface area contributed by atoms with Crippen LogP contribution in [-0.2, 0) is 0 Å². The van der Waals surface area contributed by atoms with E-state index in [9.17, 15) is 5.11 Å². The highest BCUT2D eigenvalue weighted by molar-refractivity contribution is 5.25. The minimum atomic E-state index is -0.0866. The van der Waals surface area contributed by atoms with Gasteiger partial charge in [0.25, 0.3) is 0 Å². The highest BCUT2D eigenvalue weighted by Gasteiger charge is 2.58. The van der Waals surface area contributed by atoms with E-state index in [0.29, 0.717) is 22.7 Å².